The first-order valence-corrected chi connectivity index (χ1v) is 15.0. The van der Waals surface area contributed by atoms with Gasteiger partial charge in [-0.05, 0) is 72.6 Å². The SMILES string of the molecule is CCCCCCCCCCCc1ccc(-c2ccc(C3CCC(CCCCC)CC3)cc2)cc1. The molecule has 0 heteroatoms. The standard InChI is InChI=1S/C34H52/c1-3-5-7-8-9-10-11-12-14-16-30-19-23-32(24-20-30)34-27-25-33(26-28-34)31-21-17-29(18-22-31)15-13-6-4-2/h19-20,23-29,31H,3-18,21-22H2,1-2H3. The molecule has 0 saturated heterocycles. The highest BCUT2D eigenvalue weighted by Gasteiger charge is 2.22. The Hall–Kier alpha value is -1.56. The Morgan fingerprint density at radius 3 is 1.62 bits per heavy atom. The van der Waals surface area contributed by atoms with E-state index in [-0.39, 0.29) is 0 Å². The number of unbranched alkanes of at least 4 members (excludes halogenated alkanes) is 10. The predicted octanol–water partition coefficient (Wildman–Crippen LogP) is 11.3. The smallest absolute Gasteiger partial charge is 0.0162 e. The van der Waals surface area contributed by atoms with Gasteiger partial charge in [-0.25, -0.2) is 0 Å². The average Bonchev–Trinajstić information content (AvgIpc) is 2.89. The van der Waals surface area contributed by atoms with E-state index in [0.29, 0.717) is 0 Å². The van der Waals surface area contributed by atoms with E-state index in [2.05, 4.69) is 62.4 Å². The summed E-state index contributed by atoms with van der Waals surface area (Å²) in [4.78, 5) is 0. The van der Waals surface area contributed by atoms with Gasteiger partial charge in [0.25, 0.3) is 0 Å². The first-order chi connectivity index (χ1) is 16.8. The molecule has 1 fully saturated rings. The predicted molar refractivity (Wildman–Crippen MR) is 152 cm³/mol. The van der Waals surface area contributed by atoms with Gasteiger partial charge in [-0.15, -0.1) is 0 Å². The highest BCUT2D eigenvalue weighted by atomic mass is 14.3. The molecule has 0 amide bonds. The van der Waals surface area contributed by atoms with Crippen LogP contribution in [0.25, 0.3) is 11.1 Å². The second-order valence-corrected chi connectivity index (χ2v) is 11.1. The molecule has 188 valence electrons. The Labute approximate surface area is 212 Å². The maximum atomic E-state index is 2.41. The van der Waals surface area contributed by atoms with Crippen LogP contribution >= 0.6 is 0 Å². The molecule has 2 aromatic rings. The molecule has 0 aromatic heterocycles. The third-order valence-corrected chi connectivity index (χ3v) is 8.30. The van der Waals surface area contributed by atoms with Crippen molar-refractivity contribution in [2.75, 3.05) is 0 Å². The van der Waals surface area contributed by atoms with Gasteiger partial charge >= 0.3 is 0 Å². The Bertz CT molecular complexity index is 746. The van der Waals surface area contributed by atoms with Gasteiger partial charge in [-0.3, -0.25) is 0 Å². The summed E-state index contributed by atoms with van der Waals surface area (Å²) in [6.45, 7) is 4.61. The maximum Gasteiger partial charge on any atom is -0.0162 e. The third-order valence-electron chi connectivity index (χ3n) is 8.30. The summed E-state index contributed by atoms with van der Waals surface area (Å²) in [6.07, 6.45) is 25.2. The fraction of sp³-hybridized carbons (Fsp3) is 0.647. The van der Waals surface area contributed by atoms with Gasteiger partial charge in [-0.1, -0.05) is 139 Å². The Kier molecular flexibility index (Phi) is 12.9. The van der Waals surface area contributed by atoms with E-state index < -0.39 is 0 Å². The van der Waals surface area contributed by atoms with Gasteiger partial charge in [0.05, 0.1) is 0 Å². The molecule has 2 aromatic carbocycles. The summed E-state index contributed by atoms with van der Waals surface area (Å²) in [5.41, 5.74) is 5.80. The first kappa shape index (κ1) is 27.0. The van der Waals surface area contributed by atoms with Crippen LogP contribution in [-0.4, -0.2) is 0 Å². The van der Waals surface area contributed by atoms with Gasteiger partial charge in [0.2, 0.25) is 0 Å². The molecule has 0 nitrogen and oxygen atoms in total. The second-order valence-electron chi connectivity index (χ2n) is 11.1. The number of rotatable bonds is 16. The van der Waals surface area contributed by atoms with Crippen LogP contribution in [0, 0.1) is 5.92 Å². The van der Waals surface area contributed by atoms with Gasteiger partial charge < -0.3 is 0 Å². The minimum atomic E-state index is 0.787. The lowest BCUT2D eigenvalue weighted by molar-refractivity contribution is 0.303. The zero-order valence-corrected chi connectivity index (χ0v) is 22.5. The molecule has 0 radical (unpaired) electrons. The number of aryl methyl sites for hydroxylation is 1. The molecule has 0 N–H and O–H groups in total. The van der Waals surface area contributed by atoms with Crippen LogP contribution in [0.3, 0.4) is 0 Å². The molecule has 34 heavy (non-hydrogen) atoms. The van der Waals surface area contributed by atoms with Gasteiger partial charge in [0, 0.05) is 0 Å². The molecule has 0 bridgehead atoms. The van der Waals surface area contributed by atoms with Crippen LogP contribution in [0.1, 0.15) is 140 Å². The van der Waals surface area contributed by atoms with Gasteiger partial charge in [-0.2, -0.15) is 0 Å². The van der Waals surface area contributed by atoms with Crippen molar-refractivity contribution in [1.82, 2.24) is 0 Å². The van der Waals surface area contributed by atoms with Crippen molar-refractivity contribution in [2.45, 2.75) is 135 Å². The first-order valence-electron chi connectivity index (χ1n) is 15.0. The van der Waals surface area contributed by atoms with Crippen LogP contribution in [0.5, 0.6) is 0 Å². The van der Waals surface area contributed by atoms with Crippen molar-refractivity contribution in [2.24, 2.45) is 5.92 Å². The Balaban J connectivity index is 1.35. The minimum absolute atomic E-state index is 0.787. The molecule has 0 unspecified atom stereocenters. The minimum Gasteiger partial charge on any atom is -0.0654 e. The monoisotopic (exact) mass is 460 g/mol. The summed E-state index contributed by atoms with van der Waals surface area (Å²) in [7, 11) is 0. The topological polar surface area (TPSA) is 0 Å². The van der Waals surface area contributed by atoms with Crippen LogP contribution in [0.4, 0.5) is 0 Å². The zero-order chi connectivity index (χ0) is 23.8. The highest BCUT2D eigenvalue weighted by Crippen LogP contribution is 2.38. The molecule has 1 saturated carbocycles. The summed E-state index contributed by atoms with van der Waals surface area (Å²) in [5, 5.41) is 0. The van der Waals surface area contributed by atoms with E-state index in [1.807, 2.05) is 0 Å². The lowest BCUT2D eigenvalue weighted by atomic mass is 9.77. The lowest BCUT2D eigenvalue weighted by Crippen LogP contribution is -2.13. The van der Waals surface area contributed by atoms with Gasteiger partial charge in [0.15, 0.2) is 0 Å². The van der Waals surface area contributed by atoms with Crippen LogP contribution in [0.15, 0.2) is 48.5 Å². The summed E-state index contributed by atoms with van der Waals surface area (Å²) >= 11 is 0. The number of hydrogen-bond acceptors (Lipinski definition) is 0. The van der Waals surface area contributed by atoms with E-state index in [1.54, 1.807) is 5.56 Å². The quantitative estimate of drug-likeness (QED) is 0.218. The van der Waals surface area contributed by atoms with Crippen molar-refractivity contribution in [3.05, 3.63) is 59.7 Å². The molecule has 0 heterocycles. The van der Waals surface area contributed by atoms with E-state index in [4.69, 9.17) is 0 Å². The van der Waals surface area contributed by atoms with Gasteiger partial charge in [0.1, 0.15) is 0 Å². The van der Waals surface area contributed by atoms with Crippen molar-refractivity contribution in [3.63, 3.8) is 0 Å². The van der Waals surface area contributed by atoms with E-state index in [9.17, 15) is 0 Å². The van der Waals surface area contributed by atoms with E-state index >= 15 is 0 Å². The highest BCUT2D eigenvalue weighted by molar-refractivity contribution is 5.64. The van der Waals surface area contributed by atoms with Crippen molar-refractivity contribution < 1.29 is 0 Å². The molecule has 3 rings (SSSR count). The second kappa shape index (κ2) is 16.2. The Morgan fingerprint density at radius 1 is 0.529 bits per heavy atom. The van der Waals surface area contributed by atoms with Crippen molar-refractivity contribution >= 4 is 0 Å². The molecule has 1 aliphatic rings. The van der Waals surface area contributed by atoms with Crippen LogP contribution < -0.4 is 0 Å². The zero-order valence-electron chi connectivity index (χ0n) is 22.5. The average molecular weight is 461 g/mol. The normalized spacial score (nSPS) is 18.3. The van der Waals surface area contributed by atoms with Crippen molar-refractivity contribution in [1.29, 1.82) is 0 Å². The van der Waals surface area contributed by atoms with Crippen LogP contribution in [0.2, 0.25) is 0 Å². The lowest BCUT2D eigenvalue weighted by Gasteiger charge is -2.29. The largest absolute Gasteiger partial charge is 0.0654 e. The molecular weight excluding hydrogens is 408 g/mol. The van der Waals surface area contributed by atoms with Crippen LogP contribution in [-0.2, 0) is 6.42 Å². The Morgan fingerprint density at radius 2 is 1.03 bits per heavy atom. The molecule has 1 aliphatic carbocycles. The molecule has 0 spiro atoms. The fourth-order valence-corrected chi connectivity index (χ4v) is 5.92. The molecule has 0 atom stereocenters. The maximum absolute atomic E-state index is 2.41. The fourth-order valence-electron chi connectivity index (χ4n) is 5.92. The summed E-state index contributed by atoms with van der Waals surface area (Å²) < 4.78 is 0. The summed E-state index contributed by atoms with van der Waals surface area (Å²) in [5.74, 6) is 1.78. The number of hydrogen-bond donors (Lipinski definition) is 0. The third kappa shape index (κ3) is 9.59. The van der Waals surface area contributed by atoms with Crippen molar-refractivity contribution in [3.8, 4) is 11.1 Å². The summed E-state index contributed by atoms with van der Waals surface area (Å²) in [6, 6.07) is 18.9. The molecular formula is C34H52. The van der Waals surface area contributed by atoms with E-state index in [1.165, 1.54) is 132 Å². The molecule has 0 aliphatic heterocycles. The van der Waals surface area contributed by atoms with E-state index in [0.717, 1.165) is 11.8 Å². The number of benzene rings is 2.